The molecule has 3 rings (SSSR count). The molecule has 0 aliphatic heterocycles. The lowest BCUT2D eigenvalue weighted by Crippen LogP contribution is -2.20. The normalized spacial score (nSPS) is 10.6. The average Bonchev–Trinajstić information content (AvgIpc) is 2.62. The third kappa shape index (κ3) is 4.33. The Morgan fingerprint density at radius 1 is 1.12 bits per heavy atom. The maximum Gasteiger partial charge on any atom is 0.262 e. The molecule has 0 fully saturated rings. The van der Waals surface area contributed by atoms with Crippen molar-refractivity contribution in [3.8, 4) is 11.6 Å². The van der Waals surface area contributed by atoms with Crippen molar-refractivity contribution in [3.05, 3.63) is 52.8 Å². The highest BCUT2D eigenvalue weighted by atomic mass is 35.5. The summed E-state index contributed by atoms with van der Waals surface area (Å²) in [6.45, 7) is 2.27. The number of nitrogens with zero attached hydrogens (tertiary/aromatic N) is 2. The van der Waals surface area contributed by atoms with E-state index in [-0.39, 0.29) is 18.4 Å². The van der Waals surface area contributed by atoms with Gasteiger partial charge in [0.25, 0.3) is 5.91 Å². The van der Waals surface area contributed by atoms with Crippen LogP contribution in [0.3, 0.4) is 0 Å². The second kappa shape index (κ2) is 8.21. The minimum absolute atomic E-state index is 0.219. The summed E-state index contributed by atoms with van der Waals surface area (Å²) in [5.74, 6) is 0.651. The molecule has 134 valence electrons. The molecule has 6 nitrogen and oxygen atoms in total. The van der Waals surface area contributed by atoms with Crippen LogP contribution in [0, 0.1) is 0 Å². The van der Waals surface area contributed by atoms with Crippen LogP contribution in [0.2, 0.25) is 10.0 Å². The molecule has 0 saturated carbocycles. The third-order valence-corrected chi connectivity index (χ3v) is 3.92. The molecular formula is C18H15Cl2N3O3. The fraction of sp³-hybridized carbons (Fsp3) is 0.167. The lowest BCUT2D eigenvalue weighted by Gasteiger charge is -2.10. The molecule has 0 atom stereocenters. The maximum atomic E-state index is 12.1. The Morgan fingerprint density at radius 3 is 2.62 bits per heavy atom. The summed E-state index contributed by atoms with van der Waals surface area (Å²) in [4.78, 5) is 20.3. The van der Waals surface area contributed by atoms with E-state index in [0.29, 0.717) is 33.2 Å². The Balaban J connectivity index is 1.67. The average molecular weight is 392 g/mol. The molecule has 0 aliphatic carbocycles. The van der Waals surface area contributed by atoms with Gasteiger partial charge in [0, 0.05) is 10.7 Å². The molecule has 1 heterocycles. The van der Waals surface area contributed by atoms with Crippen LogP contribution in [0.25, 0.3) is 10.9 Å². The van der Waals surface area contributed by atoms with Gasteiger partial charge >= 0.3 is 0 Å². The molecule has 0 unspecified atom stereocenters. The van der Waals surface area contributed by atoms with Crippen molar-refractivity contribution in [1.82, 2.24) is 9.97 Å². The summed E-state index contributed by atoms with van der Waals surface area (Å²) < 4.78 is 10.9. The topological polar surface area (TPSA) is 73.3 Å². The van der Waals surface area contributed by atoms with Gasteiger partial charge in [-0.3, -0.25) is 4.79 Å². The van der Waals surface area contributed by atoms with Gasteiger partial charge < -0.3 is 14.8 Å². The van der Waals surface area contributed by atoms with Gasteiger partial charge in [0.1, 0.15) is 12.1 Å². The summed E-state index contributed by atoms with van der Waals surface area (Å²) in [7, 11) is 0. The first-order valence-corrected chi connectivity index (χ1v) is 8.57. The number of ether oxygens (including phenoxy) is 2. The van der Waals surface area contributed by atoms with E-state index in [1.807, 2.05) is 6.92 Å². The zero-order valence-electron chi connectivity index (χ0n) is 13.8. The molecule has 1 aromatic heterocycles. The SMILES string of the molecule is CCOc1ccc(NC(=O)COc2ncnc3c(Cl)cc(Cl)cc23)cc1. The van der Waals surface area contributed by atoms with Gasteiger partial charge in [0.05, 0.1) is 22.5 Å². The van der Waals surface area contributed by atoms with Crippen molar-refractivity contribution in [3.63, 3.8) is 0 Å². The maximum absolute atomic E-state index is 12.1. The largest absolute Gasteiger partial charge is 0.494 e. The van der Waals surface area contributed by atoms with Crippen LogP contribution in [0.4, 0.5) is 5.69 Å². The number of anilines is 1. The van der Waals surface area contributed by atoms with E-state index < -0.39 is 0 Å². The number of fused-ring (bicyclic) bond motifs is 1. The smallest absolute Gasteiger partial charge is 0.262 e. The van der Waals surface area contributed by atoms with Gasteiger partial charge in [-0.05, 0) is 43.3 Å². The lowest BCUT2D eigenvalue weighted by atomic mass is 10.2. The molecule has 0 saturated heterocycles. The molecular weight excluding hydrogens is 377 g/mol. The number of aromatic nitrogens is 2. The first-order valence-electron chi connectivity index (χ1n) is 7.82. The van der Waals surface area contributed by atoms with Crippen LogP contribution < -0.4 is 14.8 Å². The fourth-order valence-electron chi connectivity index (χ4n) is 2.32. The number of hydrogen-bond acceptors (Lipinski definition) is 5. The quantitative estimate of drug-likeness (QED) is 0.675. The van der Waals surface area contributed by atoms with Gasteiger partial charge in [-0.15, -0.1) is 0 Å². The minimum Gasteiger partial charge on any atom is -0.494 e. The first-order chi connectivity index (χ1) is 12.6. The zero-order chi connectivity index (χ0) is 18.5. The number of carbonyl (C=O) groups excluding carboxylic acids is 1. The minimum atomic E-state index is -0.325. The van der Waals surface area contributed by atoms with E-state index >= 15 is 0 Å². The highest BCUT2D eigenvalue weighted by Gasteiger charge is 2.11. The van der Waals surface area contributed by atoms with E-state index in [9.17, 15) is 4.79 Å². The zero-order valence-corrected chi connectivity index (χ0v) is 15.3. The van der Waals surface area contributed by atoms with E-state index in [2.05, 4.69) is 15.3 Å². The van der Waals surface area contributed by atoms with E-state index in [1.165, 1.54) is 6.33 Å². The van der Waals surface area contributed by atoms with Crippen molar-refractivity contribution in [1.29, 1.82) is 0 Å². The van der Waals surface area contributed by atoms with Crippen molar-refractivity contribution >= 4 is 45.7 Å². The lowest BCUT2D eigenvalue weighted by molar-refractivity contribution is -0.118. The van der Waals surface area contributed by atoms with Gasteiger partial charge in [-0.1, -0.05) is 23.2 Å². The van der Waals surface area contributed by atoms with Crippen molar-refractivity contribution in [2.45, 2.75) is 6.92 Å². The Kier molecular flexibility index (Phi) is 5.75. The summed E-state index contributed by atoms with van der Waals surface area (Å²) in [5, 5.41) is 4.10. The van der Waals surface area contributed by atoms with Gasteiger partial charge in [0.15, 0.2) is 6.61 Å². The Morgan fingerprint density at radius 2 is 1.88 bits per heavy atom. The summed E-state index contributed by atoms with van der Waals surface area (Å²) in [5.41, 5.74) is 1.15. The number of amides is 1. The molecule has 26 heavy (non-hydrogen) atoms. The van der Waals surface area contributed by atoms with Crippen LogP contribution in [-0.4, -0.2) is 29.1 Å². The highest BCUT2D eigenvalue weighted by Crippen LogP contribution is 2.30. The van der Waals surface area contributed by atoms with Crippen LogP contribution in [0.1, 0.15) is 6.92 Å². The van der Waals surface area contributed by atoms with E-state index in [1.54, 1.807) is 36.4 Å². The van der Waals surface area contributed by atoms with E-state index in [4.69, 9.17) is 32.7 Å². The molecule has 2 aromatic carbocycles. The number of nitrogens with one attached hydrogen (secondary N) is 1. The molecule has 3 aromatic rings. The highest BCUT2D eigenvalue weighted by molar-refractivity contribution is 6.38. The second-order valence-electron chi connectivity index (χ2n) is 5.26. The van der Waals surface area contributed by atoms with E-state index in [0.717, 1.165) is 5.75 Å². The fourth-order valence-corrected chi connectivity index (χ4v) is 2.86. The van der Waals surface area contributed by atoms with Crippen molar-refractivity contribution < 1.29 is 14.3 Å². The molecule has 0 bridgehead atoms. The predicted molar refractivity (Wildman–Crippen MR) is 101 cm³/mol. The summed E-state index contributed by atoms with van der Waals surface area (Å²) in [6, 6.07) is 10.3. The van der Waals surface area contributed by atoms with Crippen LogP contribution >= 0.6 is 23.2 Å². The van der Waals surface area contributed by atoms with Crippen LogP contribution in [0.15, 0.2) is 42.7 Å². The summed E-state index contributed by atoms with van der Waals surface area (Å²) in [6.07, 6.45) is 1.32. The predicted octanol–water partition coefficient (Wildman–Crippen LogP) is 4.35. The van der Waals surface area contributed by atoms with Gasteiger partial charge in [-0.2, -0.15) is 0 Å². The number of rotatable bonds is 6. The number of benzene rings is 2. The standard InChI is InChI=1S/C18H15Cl2N3O3/c1-2-25-13-5-3-12(4-6-13)23-16(24)9-26-18-14-7-11(19)8-15(20)17(14)21-10-22-18/h3-8,10H,2,9H2,1H3,(H,23,24). The molecule has 0 radical (unpaired) electrons. The molecule has 1 N–H and O–H groups in total. The molecule has 8 heteroatoms. The Bertz CT molecular complexity index is 933. The second-order valence-corrected chi connectivity index (χ2v) is 6.10. The van der Waals surface area contributed by atoms with Gasteiger partial charge in [-0.25, -0.2) is 9.97 Å². The monoisotopic (exact) mass is 391 g/mol. The molecule has 1 amide bonds. The van der Waals surface area contributed by atoms with Gasteiger partial charge in [0.2, 0.25) is 5.88 Å². The number of halogens is 2. The van der Waals surface area contributed by atoms with Crippen molar-refractivity contribution in [2.75, 3.05) is 18.5 Å². The molecule has 0 spiro atoms. The molecule has 0 aliphatic rings. The Hall–Kier alpha value is -2.57. The Labute approximate surface area is 160 Å². The number of carbonyl (C=O) groups is 1. The summed E-state index contributed by atoms with van der Waals surface area (Å²) >= 11 is 12.1. The number of hydrogen-bond donors (Lipinski definition) is 1. The van der Waals surface area contributed by atoms with Crippen LogP contribution in [-0.2, 0) is 4.79 Å². The van der Waals surface area contributed by atoms with Crippen molar-refractivity contribution in [2.24, 2.45) is 0 Å². The first kappa shape index (κ1) is 18.2. The van der Waals surface area contributed by atoms with Crippen LogP contribution in [0.5, 0.6) is 11.6 Å². The third-order valence-electron chi connectivity index (χ3n) is 3.41.